The van der Waals surface area contributed by atoms with Crippen molar-refractivity contribution in [3.05, 3.63) is 64.4 Å². The van der Waals surface area contributed by atoms with Gasteiger partial charge in [-0.05, 0) is 37.6 Å². The van der Waals surface area contributed by atoms with Crippen LogP contribution in [0.3, 0.4) is 0 Å². The van der Waals surface area contributed by atoms with Gasteiger partial charge in [0.15, 0.2) is 21.2 Å². The molecule has 0 radical (unpaired) electrons. The maximum atomic E-state index is 12.6. The number of para-hydroxylation sites is 1. The summed E-state index contributed by atoms with van der Waals surface area (Å²) in [5.41, 5.74) is 2.00. The van der Waals surface area contributed by atoms with Gasteiger partial charge < -0.3 is 9.73 Å². The van der Waals surface area contributed by atoms with Crippen LogP contribution in [0.5, 0.6) is 0 Å². The number of carbonyl (C=O) groups is 1. The van der Waals surface area contributed by atoms with Gasteiger partial charge in [-0.1, -0.05) is 35.9 Å². The molecule has 3 aromatic rings. The second-order valence-corrected chi connectivity index (χ2v) is 8.63. The number of nitrogens with one attached hydrogen (secondary N) is 1. The SMILES string of the molecule is Cc1c(C(=O)NC(C)c2ccc(S(C)(=O)=O)cc2)oc2c(Cl)cccc12. The Morgan fingerprint density at radius 3 is 2.38 bits per heavy atom. The highest BCUT2D eigenvalue weighted by Crippen LogP contribution is 2.31. The standard InChI is InChI=1S/C19H18ClNO4S/c1-11-15-5-4-6-16(20)18(15)25-17(11)19(22)21-12(2)13-7-9-14(10-8-13)26(3,23)24/h4-10,12H,1-3H3,(H,21,22). The number of fused-ring (bicyclic) bond motifs is 1. The van der Waals surface area contributed by atoms with Crippen molar-refractivity contribution in [3.63, 3.8) is 0 Å². The highest BCUT2D eigenvalue weighted by Gasteiger charge is 2.21. The Hall–Kier alpha value is -2.31. The molecular formula is C19H18ClNO4S. The van der Waals surface area contributed by atoms with E-state index in [0.29, 0.717) is 10.6 Å². The van der Waals surface area contributed by atoms with E-state index in [1.165, 1.54) is 12.1 Å². The van der Waals surface area contributed by atoms with Crippen molar-refractivity contribution in [2.24, 2.45) is 0 Å². The maximum absolute atomic E-state index is 12.6. The lowest BCUT2D eigenvalue weighted by Crippen LogP contribution is -2.26. The fourth-order valence-corrected chi connectivity index (χ4v) is 3.62. The molecule has 1 unspecified atom stereocenters. The Bertz CT molecular complexity index is 1080. The van der Waals surface area contributed by atoms with E-state index in [1.54, 1.807) is 24.3 Å². The predicted molar refractivity (Wildman–Crippen MR) is 101 cm³/mol. The van der Waals surface area contributed by atoms with E-state index < -0.39 is 9.84 Å². The molecule has 0 fully saturated rings. The third kappa shape index (κ3) is 3.48. The molecule has 0 saturated carbocycles. The van der Waals surface area contributed by atoms with Crippen LogP contribution in [0.4, 0.5) is 0 Å². The summed E-state index contributed by atoms with van der Waals surface area (Å²) in [4.78, 5) is 12.9. The molecule has 1 N–H and O–H groups in total. The minimum atomic E-state index is -3.25. The second kappa shape index (κ2) is 6.78. The number of aryl methyl sites for hydroxylation is 1. The van der Waals surface area contributed by atoms with Gasteiger partial charge in [-0.15, -0.1) is 0 Å². The van der Waals surface area contributed by atoms with E-state index in [2.05, 4.69) is 5.32 Å². The molecule has 0 saturated heterocycles. The molecule has 5 nitrogen and oxygen atoms in total. The van der Waals surface area contributed by atoms with Gasteiger partial charge in [0.05, 0.1) is 16.0 Å². The van der Waals surface area contributed by atoms with Crippen LogP contribution in [-0.2, 0) is 9.84 Å². The summed E-state index contributed by atoms with van der Waals surface area (Å²) >= 11 is 6.13. The first-order valence-corrected chi connectivity index (χ1v) is 10.2. The van der Waals surface area contributed by atoms with Crippen LogP contribution in [0, 0.1) is 6.92 Å². The van der Waals surface area contributed by atoms with Crippen LogP contribution in [0.1, 0.15) is 34.6 Å². The number of halogens is 1. The first-order chi connectivity index (χ1) is 12.2. The van der Waals surface area contributed by atoms with Crippen molar-refractivity contribution in [3.8, 4) is 0 Å². The molecule has 7 heteroatoms. The van der Waals surface area contributed by atoms with Gasteiger partial charge in [-0.2, -0.15) is 0 Å². The number of hydrogen-bond acceptors (Lipinski definition) is 4. The Kier molecular flexibility index (Phi) is 4.82. The maximum Gasteiger partial charge on any atom is 0.287 e. The normalized spacial score (nSPS) is 12.9. The molecule has 0 spiro atoms. The van der Waals surface area contributed by atoms with Crippen molar-refractivity contribution in [2.45, 2.75) is 24.8 Å². The Morgan fingerprint density at radius 1 is 1.15 bits per heavy atom. The van der Waals surface area contributed by atoms with Crippen molar-refractivity contribution in [2.75, 3.05) is 6.26 Å². The van der Waals surface area contributed by atoms with Gasteiger partial charge >= 0.3 is 0 Å². The molecule has 0 aliphatic heterocycles. The van der Waals surface area contributed by atoms with Crippen LogP contribution >= 0.6 is 11.6 Å². The van der Waals surface area contributed by atoms with Crippen LogP contribution < -0.4 is 5.32 Å². The molecule has 2 aromatic carbocycles. The summed E-state index contributed by atoms with van der Waals surface area (Å²) in [5.74, 6) is -0.137. The van der Waals surface area contributed by atoms with E-state index in [1.807, 2.05) is 19.9 Å². The first kappa shape index (κ1) is 18.5. The molecule has 0 aliphatic carbocycles. The van der Waals surface area contributed by atoms with Crippen molar-refractivity contribution in [1.82, 2.24) is 5.32 Å². The van der Waals surface area contributed by atoms with Gasteiger partial charge in [0.25, 0.3) is 5.91 Å². The van der Waals surface area contributed by atoms with Crippen LogP contribution in [0.15, 0.2) is 51.8 Å². The van der Waals surface area contributed by atoms with Gasteiger partial charge in [-0.25, -0.2) is 8.42 Å². The van der Waals surface area contributed by atoms with Crippen molar-refractivity contribution >= 4 is 38.3 Å². The van der Waals surface area contributed by atoms with E-state index in [0.717, 1.165) is 22.8 Å². The first-order valence-electron chi connectivity index (χ1n) is 7.97. The predicted octanol–water partition coefficient (Wildman–Crippen LogP) is 4.29. The quantitative estimate of drug-likeness (QED) is 0.719. The van der Waals surface area contributed by atoms with E-state index in [4.69, 9.17) is 16.0 Å². The minimum absolute atomic E-state index is 0.215. The van der Waals surface area contributed by atoms with Gasteiger partial charge in [0.1, 0.15) is 0 Å². The molecule has 1 aromatic heterocycles. The lowest BCUT2D eigenvalue weighted by atomic mass is 10.1. The minimum Gasteiger partial charge on any atom is -0.449 e. The smallest absolute Gasteiger partial charge is 0.287 e. The largest absolute Gasteiger partial charge is 0.449 e. The summed E-state index contributed by atoms with van der Waals surface area (Å²) < 4.78 is 28.7. The highest BCUT2D eigenvalue weighted by atomic mass is 35.5. The van der Waals surface area contributed by atoms with Crippen LogP contribution in [0.25, 0.3) is 11.0 Å². The average molecular weight is 392 g/mol. The monoisotopic (exact) mass is 391 g/mol. The Labute approximate surface area is 156 Å². The van der Waals surface area contributed by atoms with E-state index >= 15 is 0 Å². The lowest BCUT2D eigenvalue weighted by molar-refractivity contribution is 0.0913. The zero-order valence-corrected chi connectivity index (χ0v) is 16.1. The molecule has 0 aliphatic rings. The zero-order chi connectivity index (χ0) is 19.1. The van der Waals surface area contributed by atoms with Gasteiger partial charge in [-0.3, -0.25) is 4.79 Å². The van der Waals surface area contributed by atoms with Gasteiger partial charge in [0.2, 0.25) is 0 Å². The summed E-state index contributed by atoms with van der Waals surface area (Å²) in [5, 5.41) is 4.12. The van der Waals surface area contributed by atoms with Crippen LogP contribution in [0.2, 0.25) is 5.02 Å². The molecule has 1 heterocycles. The fraction of sp³-hybridized carbons (Fsp3) is 0.211. The molecule has 0 bridgehead atoms. The van der Waals surface area contributed by atoms with E-state index in [9.17, 15) is 13.2 Å². The number of furan rings is 1. The Morgan fingerprint density at radius 2 is 1.81 bits per heavy atom. The number of hydrogen-bond donors (Lipinski definition) is 1. The molecule has 1 atom stereocenters. The second-order valence-electron chi connectivity index (χ2n) is 6.21. The average Bonchev–Trinajstić information content (AvgIpc) is 2.93. The third-order valence-corrected chi connectivity index (χ3v) is 5.70. The van der Waals surface area contributed by atoms with Crippen molar-refractivity contribution in [1.29, 1.82) is 0 Å². The fourth-order valence-electron chi connectivity index (χ4n) is 2.77. The van der Waals surface area contributed by atoms with Gasteiger partial charge in [0, 0.05) is 17.2 Å². The van der Waals surface area contributed by atoms with E-state index in [-0.39, 0.29) is 22.6 Å². The highest BCUT2D eigenvalue weighted by molar-refractivity contribution is 7.90. The number of carbonyl (C=O) groups excluding carboxylic acids is 1. The Balaban J connectivity index is 1.84. The van der Waals surface area contributed by atoms with Crippen molar-refractivity contribution < 1.29 is 17.6 Å². The number of benzene rings is 2. The molecule has 3 rings (SSSR count). The summed E-state index contributed by atoms with van der Waals surface area (Å²) in [6, 6.07) is 11.5. The summed E-state index contributed by atoms with van der Waals surface area (Å²) in [7, 11) is -3.25. The molecular weight excluding hydrogens is 374 g/mol. The topological polar surface area (TPSA) is 76.4 Å². The number of rotatable bonds is 4. The molecule has 26 heavy (non-hydrogen) atoms. The summed E-state index contributed by atoms with van der Waals surface area (Å²) in [6.07, 6.45) is 1.16. The number of sulfone groups is 1. The summed E-state index contributed by atoms with van der Waals surface area (Å²) in [6.45, 7) is 3.63. The number of amides is 1. The zero-order valence-electron chi connectivity index (χ0n) is 14.5. The third-order valence-electron chi connectivity index (χ3n) is 4.28. The molecule has 1 amide bonds. The molecule has 136 valence electrons. The van der Waals surface area contributed by atoms with Crippen LogP contribution in [-0.4, -0.2) is 20.6 Å². The lowest BCUT2D eigenvalue weighted by Gasteiger charge is -2.14.